The number of alkyl halides is 3. The van der Waals surface area contributed by atoms with E-state index in [0.29, 0.717) is 5.56 Å². The fraction of sp³-hybridized carbons (Fsp3) is 0.172. The first-order valence-corrected chi connectivity index (χ1v) is 10.9. The van der Waals surface area contributed by atoms with Gasteiger partial charge in [-0.1, -0.05) is 91.6 Å². The number of ether oxygens (including phenoxy) is 1. The summed E-state index contributed by atoms with van der Waals surface area (Å²) in [5.74, 6) is 0. The van der Waals surface area contributed by atoms with E-state index in [2.05, 4.69) is 60.8 Å². The van der Waals surface area contributed by atoms with Crippen LogP contribution in [-0.4, -0.2) is 6.36 Å². The Balaban J connectivity index is 1.82. The molecule has 1 nitrogen and oxygen atoms in total. The largest absolute Gasteiger partial charge is 0.522 e. The molecule has 0 amide bonds. The maximum absolute atomic E-state index is 12.8. The van der Waals surface area contributed by atoms with E-state index in [1.54, 1.807) is 12.1 Å². The predicted molar refractivity (Wildman–Crippen MR) is 125 cm³/mol. The van der Waals surface area contributed by atoms with Gasteiger partial charge in [0.05, 0.1) is 12.0 Å². The number of fused-ring (bicyclic) bond motifs is 6. The molecular formula is C29H23F3O. The third-order valence-electron chi connectivity index (χ3n) is 6.66. The summed E-state index contributed by atoms with van der Waals surface area (Å²) < 4.78 is 42.5. The lowest BCUT2D eigenvalue weighted by Gasteiger charge is -2.33. The van der Waals surface area contributed by atoms with E-state index in [0.717, 1.165) is 51.0 Å². The molecule has 0 bridgehead atoms. The van der Waals surface area contributed by atoms with E-state index >= 15 is 0 Å². The molecule has 2 aromatic rings. The molecule has 5 rings (SSSR count). The Kier molecular flexibility index (Phi) is 5.13. The van der Waals surface area contributed by atoms with Gasteiger partial charge in [0.2, 0.25) is 0 Å². The Hall–Kier alpha value is -3.37. The molecule has 3 aliphatic rings. The summed E-state index contributed by atoms with van der Waals surface area (Å²) in [6, 6.07) is 13.8. The Labute approximate surface area is 191 Å². The molecule has 0 saturated heterocycles. The van der Waals surface area contributed by atoms with Gasteiger partial charge < -0.3 is 0 Å². The molecule has 1 unspecified atom stereocenters. The molecule has 4 heteroatoms. The third-order valence-corrected chi connectivity index (χ3v) is 6.66. The zero-order valence-electron chi connectivity index (χ0n) is 18.2. The van der Waals surface area contributed by atoms with Crippen molar-refractivity contribution in [2.75, 3.05) is 0 Å². The van der Waals surface area contributed by atoms with Crippen molar-refractivity contribution >= 4 is 0 Å². The smallest absolute Gasteiger partial charge is 0.287 e. The van der Waals surface area contributed by atoms with Crippen molar-refractivity contribution in [1.82, 2.24) is 0 Å². The first-order chi connectivity index (χ1) is 15.9. The van der Waals surface area contributed by atoms with Gasteiger partial charge in [-0.15, -0.1) is 13.2 Å². The van der Waals surface area contributed by atoms with Crippen LogP contribution in [0.1, 0.15) is 30.0 Å². The molecule has 1 atom stereocenters. The number of rotatable bonds is 4. The van der Waals surface area contributed by atoms with Gasteiger partial charge in [0.25, 0.3) is 0 Å². The second-order valence-electron chi connectivity index (χ2n) is 8.41. The quantitative estimate of drug-likeness (QED) is 0.436. The van der Waals surface area contributed by atoms with E-state index in [1.165, 1.54) is 0 Å². The van der Waals surface area contributed by atoms with E-state index in [4.69, 9.17) is 0 Å². The maximum atomic E-state index is 12.8. The molecular weight excluding hydrogens is 421 g/mol. The highest BCUT2D eigenvalue weighted by molar-refractivity contribution is 5.90. The van der Waals surface area contributed by atoms with Crippen molar-refractivity contribution in [2.45, 2.75) is 31.7 Å². The van der Waals surface area contributed by atoms with E-state index in [-0.39, 0.29) is 0 Å². The van der Waals surface area contributed by atoms with Crippen LogP contribution >= 0.6 is 0 Å². The summed E-state index contributed by atoms with van der Waals surface area (Å²) in [4.78, 5) is 0. The maximum Gasteiger partial charge on any atom is 0.522 e. The zero-order chi connectivity index (χ0) is 23.2. The van der Waals surface area contributed by atoms with Crippen LogP contribution in [0, 0.1) is 0 Å². The van der Waals surface area contributed by atoms with Crippen LogP contribution in [0.15, 0.2) is 114 Å². The molecule has 2 aromatic carbocycles. The first kappa shape index (κ1) is 21.5. The average molecular weight is 444 g/mol. The molecule has 0 aromatic heterocycles. The Morgan fingerprint density at radius 2 is 1.79 bits per heavy atom. The third kappa shape index (κ3) is 3.28. The van der Waals surface area contributed by atoms with Crippen molar-refractivity contribution in [1.29, 1.82) is 0 Å². The minimum atomic E-state index is -4.67. The summed E-state index contributed by atoms with van der Waals surface area (Å²) in [6.07, 6.45) is 10.6. The fourth-order valence-electron chi connectivity index (χ4n) is 5.43. The SMILES string of the molecule is C=C/C=C\C1=C(C)C2=C(C=CCC=C2)C12c1ccccc1-c1ccc(COC(F)(F)F)cc12. The standard InChI is InChI=1S/C29H23F3O/c1-3-4-12-24-19(2)21-10-6-5-7-13-25(21)28(24)26-14-9-8-11-22(26)23-16-15-20(17-27(23)28)18-33-29(30,31)32/h3-4,6-17H,1,5,18H2,2H3/b12-4-. The monoisotopic (exact) mass is 444 g/mol. The second kappa shape index (κ2) is 7.89. The fourth-order valence-corrected chi connectivity index (χ4v) is 5.43. The molecule has 0 heterocycles. The highest BCUT2D eigenvalue weighted by Gasteiger charge is 2.51. The van der Waals surface area contributed by atoms with Gasteiger partial charge >= 0.3 is 6.36 Å². The van der Waals surface area contributed by atoms with Gasteiger partial charge in [0.15, 0.2) is 0 Å². The van der Waals surface area contributed by atoms with E-state index in [1.807, 2.05) is 30.3 Å². The number of hydrogen-bond donors (Lipinski definition) is 0. The van der Waals surface area contributed by atoms with Crippen molar-refractivity contribution in [3.63, 3.8) is 0 Å². The van der Waals surface area contributed by atoms with Gasteiger partial charge in [-0.05, 0) is 63.5 Å². The summed E-state index contributed by atoms with van der Waals surface area (Å²) in [6.45, 7) is 5.44. The van der Waals surface area contributed by atoms with Crippen LogP contribution in [-0.2, 0) is 16.8 Å². The highest BCUT2D eigenvalue weighted by Crippen LogP contribution is 2.62. The Morgan fingerprint density at radius 1 is 1.03 bits per heavy atom. The molecule has 33 heavy (non-hydrogen) atoms. The summed E-state index contributed by atoms with van der Waals surface area (Å²) in [7, 11) is 0. The minimum Gasteiger partial charge on any atom is -0.287 e. The van der Waals surface area contributed by atoms with Crippen LogP contribution in [0.2, 0.25) is 0 Å². The van der Waals surface area contributed by atoms with Crippen LogP contribution in [0.3, 0.4) is 0 Å². The van der Waals surface area contributed by atoms with Gasteiger partial charge in [-0.25, -0.2) is 0 Å². The van der Waals surface area contributed by atoms with Crippen LogP contribution in [0.4, 0.5) is 13.2 Å². The lowest BCUT2D eigenvalue weighted by atomic mass is 9.68. The number of hydrogen-bond acceptors (Lipinski definition) is 1. The first-order valence-electron chi connectivity index (χ1n) is 10.9. The summed E-state index contributed by atoms with van der Waals surface area (Å²) in [5, 5.41) is 0. The normalized spacial score (nSPS) is 21.1. The highest BCUT2D eigenvalue weighted by atomic mass is 19.4. The van der Waals surface area contributed by atoms with Gasteiger partial charge in [-0.3, -0.25) is 4.74 Å². The van der Waals surface area contributed by atoms with Gasteiger partial charge in [0, 0.05) is 0 Å². The molecule has 1 spiro atoms. The second-order valence-corrected chi connectivity index (χ2v) is 8.41. The number of allylic oxidation sites excluding steroid dienone is 11. The van der Waals surface area contributed by atoms with Crippen molar-refractivity contribution in [3.8, 4) is 11.1 Å². The predicted octanol–water partition coefficient (Wildman–Crippen LogP) is 7.87. The molecule has 0 radical (unpaired) electrons. The average Bonchev–Trinajstić information content (AvgIpc) is 3.05. The van der Waals surface area contributed by atoms with Gasteiger partial charge in [-0.2, -0.15) is 0 Å². The van der Waals surface area contributed by atoms with Gasteiger partial charge in [0.1, 0.15) is 0 Å². The zero-order valence-corrected chi connectivity index (χ0v) is 18.2. The lowest BCUT2D eigenvalue weighted by Crippen LogP contribution is -2.27. The van der Waals surface area contributed by atoms with Crippen LogP contribution < -0.4 is 0 Å². The summed E-state index contributed by atoms with van der Waals surface area (Å²) in [5.41, 5.74) is 8.73. The topological polar surface area (TPSA) is 9.23 Å². The molecule has 3 aliphatic carbocycles. The molecule has 0 saturated carbocycles. The Bertz CT molecular complexity index is 1300. The molecule has 0 N–H and O–H groups in total. The van der Waals surface area contributed by atoms with Crippen molar-refractivity contribution in [2.24, 2.45) is 0 Å². The molecule has 0 fully saturated rings. The van der Waals surface area contributed by atoms with E-state index < -0.39 is 18.4 Å². The van der Waals surface area contributed by atoms with Crippen LogP contribution in [0.5, 0.6) is 0 Å². The number of halogens is 3. The number of benzene rings is 2. The minimum absolute atomic E-state index is 0.491. The Morgan fingerprint density at radius 3 is 2.58 bits per heavy atom. The van der Waals surface area contributed by atoms with Crippen LogP contribution in [0.25, 0.3) is 11.1 Å². The lowest BCUT2D eigenvalue weighted by molar-refractivity contribution is -0.330. The van der Waals surface area contributed by atoms with Crippen molar-refractivity contribution in [3.05, 3.63) is 131 Å². The molecule has 166 valence electrons. The molecule has 0 aliphatic heterocycles. The van der Waals surface area contributed by atoms with Crippen molar-refractivity contribution < 1.29 is 17.9 Å². The van der Waals surface area contributed by atoms with E-state index in [9.17, 15) is 13.2 Å². The summed E-state index contributed by atoms with van der Waals surface area (Å²) >= 11 is 0.